The Labute approximate surface area is 143 Å². The van der Waals surface area contributed by atoms with Gasteiger partial charge in [0.25, 0.3) is 11.5 Å². The second-order valence-corrected chi connectivity index (χ2v) is 5.35. The number of hydrogen-bond donors (Lipinski definition) is 1. The highest BCUT2D eigenvalue weighted by Gasteiger charge is 2.32. The van der Waals surface area contributed by atoms with Crippen molar-refractivity contribution in [1.29, 1.82) is 0 Å². The van der Waals surface area contributed by atoms with Crippen molar-refractivity contribution < 1.29 is 32.3 Å². The number of rotatable bonds is 4. The van der Waals surface area contributed by atoms with E-state index in [1.165, 1.54) is 0 Å². The van der Waals surface area contributed by atoms with Crippen LogP contribution < -0.4 is 10.9 Å². The number of esters is 1. The van der Waals surface area contributed by atoms with Crippen molar-refractivity contribution in [1.82, 2.24) is 14.8 Å². The van der Waals surface area contributed by atoms with Crippen LogP contribution in [0.15, 0.2) is 17.1 Å². The minimum Gasteiger partial charge on any atom is -0.454 e. The molecule has 1 saturated heterocycles. The molecule has 25 heavy (non-hydrogen) atoms. The van der Waals surface area contributed by atoms with Gasteiger partial charge in [-0.1, -0.05) is 11.6 Å². The molecule has 0 aromatic carbocycles. The Bertz CT molecular complexity index is 777. The maximum Gasteiger partial charge on any atom is 0.417 e. The Morgan fingerprint density at radius 3 is 2.56 bits per heavy atom. The highest BCUT2D eigenvalue weighted by atomic mass is 35.5. The summed E-state index contributed by atoms with van der Waals surface area (Å²) in [6.07, 6.45) is -4.34. The van der Waals surface area contributed by atoms with Crippen LogP contribution in [0.3, 0.4) is 0 Å². The quantitative estimate of drug-likeness (QED) is 0.771. The summed E-state index contributed by atoms with van der Waals surface area (Å²) < 4.78 is 43.1. The fraction of sp³-hybridized carbons (Fsp3) is 0.385. The number of pyridine rings is 1. The van der Waals surface area contributed by atoms with Crippen LogP contribution in [0.4, 0.5) is 18.0 Å². The smallest absolute Gasteiger partial charge is 0.417 e. The van der Waals surface area contributed by atoms with E-state index in [1.807, 2.05) is 0 Å². The molecule has 0 bridgehead atoms. The molecule has 2 rings (SSSR count). The lowest BCUT2D eigenvalue weighted by molar-refractivity contribution is -0.151. The first-order valence-corrected chi connectivity index (χ1v) is 7.18. The zero-order valence-electron chi connectivity index (χ0n) is 12.4. The van der Waals surface area contributed by atoms with Gasteiger partial charge in [0.15, 0.2) is 6.61 Å². The highest BCUT2D eigenvalue weighted by Crippen LogP contribution is 2.29. The van der Waals surface area contributed by atoms with E-state index in [9.17, 15) is 32.3 Å². The van der Waals surface area contributed by atoms with Gasteiger partial charge < -0.3 is 14.6 Å². The van der Waals surface area contributed by atoms with E-state index in [-0.39, 0.29) is 13.1 Å². The third kappa shape index (κ3) is 4.50. The molecule has 0 radical (unpaired) electrons. The van der Waals surface area contributed by atoms with Crippen molar-refractivity contribution in [3.63, 3.8) is 0 Å². The summed E-state index contributed by atoms with van der Waals surface area (Å²) in [7, 11) is 0. The summed E-state index contributed by atoms with van der Waals surface area (Å²) >= 11 is 5.45. The molecule has 1 aliphatic heterocycles. The first-order valence-electron chi connectivity index (χ1n) is 6.80. The Morgan fingerprint density at radius 2 is 2.00 bits per heavy atom. The van der Waals surface area contributed by atoms with Crippen LogP contribution in [0.2, 0.25) is 5.02 Å². The van der Waals surface area contributed by atoms with Gasteiger partial charge in [-0.05, 0) is 6.07 Å². The van der Waals surface area contributed by atoms with Gasteiger partial charge in [-0.3, -0.25) is 19.3 Å². The van der Waals surface area contributed by atoms with Crippen LogP contribution >= 0.6 is 11.6 Å². The second-order valence-electron chi connectivity index (χ2n) is 4.95. The number of hydrogen-bond acceptors (Lipinski definition) is 5. The lowest BCUT2D eigenvalue weighted by atomic mass is 10.2. The van der Waals surface area contributed by atoms with Gasteiger partial charge in [0, 0.05) is 19.3 Å². The largest absolute Gasteiger partial charge is 0.454 e. The van der Waals surface area contributed by atoms with E-state index in [0.717, 1.165) is 4.90 Å². The van der Waals surface area contributed by atoms with E-state index in [4.69, 9.17) is 11.6 Å². The molecule has 8 nitrogen and oxygen atoms in total. The maximum absolute atomic E-state index is 12.7. The number of nitrogens with zero attached hydrogens (tertiary/aromatic N) is 2. The molecule has 1 aliphatic rings. The highest BCUT2D eigenvalue weighted by molar-refractivity contribution is 6.30. The molecule has 0 atom stereocenters. The predicted octanol–water partition coefficient (Wildman–Crippen LogP) is 0.615. The lowest BCUT2D eigenvalue weighted by Crippen LogP contribution is -2.37. The average molecular weight is 382 g/mol. The number of nitrogens with one attached hydrogen (secondary N) is 1. The molecule has 12 heteroatoms. The van der Waals surface area contributed by atoms with Gasteiger partial charge in [0.1, 0.15) is 11.6 Å². The van der Waals surface area contributed by atoms with E-state index in [1.54, 1.807) is 0 Å². The molecule has 0 aliphatic carbocycles. The number of carbonyl (C=O) groups excluding carboxylic acids is 3. The number of ether oxygens (including phenoxy) is 1. The van der Waals surface area contributed by atoms with Gasteiger partial charge in [0.2, 0.25) is 0 Å². The molecule has 0 saturated carbocycles. The third-order valence-electron chi connectivity index (χ3n) is 3.18. The number of alkyl halides is 3. The topological polar surface area (TPSA) is 97.7 Å². The Balaban J connectivity index is 2.03. The van der Waals surface area contributed by atoms with Crippen LogP contribution in [-0.4, -0.2) is 47.1 Å². The number of amides is 3. The molecular weight excluding hydrogens is 371 g/mol. The van der Waals surface area contributed by atoms with Gasteiger partial charge in [-0.15, -0.1) is 0 Å². The van der Waals surface area contributed by atoms with E-state index in [2.05, 4.69) is 10.1 Å². The fourth-order valence-electron chi connectivity index (χ4n) is 1.99. The van der Waals surface area contributed by atoms with Gasteiger partial charge >= 0.3 is 18.2 Å². The molecule has 1 N–H and O–H groups in total. The molecule has 0 spiro atoms. The number of imide groups is 1. The molecule has 1 aromatic heterocycles. The zero-order valence-corrected chi connectivity index (χ0v) is 13.2. The van der Waals surface area contributed by atoms with Crippen molar-refractivity contribution in [3.8, 4) is 0 Å². The second kappa shape index (κ2) is 7.13. The van der Waals surface area contributed by atoms with Crippen LogP contribution in [0.5, 0.6) is 0 Å². The minimum atomic E-state index is -4.76. The molecule has 1 aromatic rings. The standard InChI is InChI=1S/C13H11ClF3N3O5/c14-8-3-7(13(15,16)17)4-19(11(8)23)5-10(22)25-6-9(21)20-2-1-18-12(20)24/h3-4H,1-2,5-6H2,(H,18,24). The molecule has 0 unspecified atom stereocenters. The van der Waals surface area contributed by atoms with Gasteiger partial charge in [0.05, 0.1) is 5.56 Å². The summed E-state index contributed by atoms with van der Waals surface area (Å²) in [4.78, 5) is 47.1. The van der Waals surface area contributed by atoms with Crippen molar-refractivity contribution in [2.45, 2.75) is 12.7 Å². The predicted molar refractivity (Wildman–Crippen MR) is 76.8 cm³/mol. The minimum absolute atomic E-state index is 0.109. The van der Waals surface area contributed by atoms with Crippen LogP contribution in [0.25, 0.3) is 0 Å². The summed E-state index contributed by atoms with van der Waals surface area (Å²) in [5, 5.41) is 1.66. The Kier molecular flexibility index (Phi) is 5.36. The zero-order chi connectivity index (χ0) is 18.8. The molecule has 3 amide bonds. The number of halogens is 4. The number of urea groups is 1. The summed E-state index contributed by atoms with van der Waals surface area (Å²) in [6, 6.07) is -0.191. The van der Waals surface area contributed by atoms with E-state index < -0.39 is 53.4 Å². The van der Waals surface area contributed by atoms with Gasteiger partial charge in [-0.25, -0.2) is 4.79 Å². The van der Waals surface area contributed by atoms with Crippen molar-refractivity contribution in [3.05, 3.63) is 33.2 Å². The molecule has 136 valence electrons. The Hall–Kier alpha value is -2.56. The van der Waals surface area contributed by atoms with E-state index >= 15 is 0 Å². The van der Waals surface area contributed by atoms with Crippen LogP contribution in [-0.2, 0) is 27.0 Å². The Morgan fingerprint density at radius 1 is 1.32 bits per heavy atom. The average Bonchev–Trinajstić information content (AvgIpc) is 2.94. The van der Waals surface area contributed by atoms with Crippen molar-refractivity contribution in [2.24, 2.45) is 0 Å². The number of carbonyl (C=O) groups is 3. The third-order valence-corrected chi connectivity index (χ3v) is 3.45. The molecule has 2 heterocycles. The molecule has 1 fully saturated rings. The maximum atomic E-state index is 12.7. The summed E-state index contributed by atoms with van der Waals surface area (Å²) in [6.45, 7) is -1.29. The van der Waals surface area contributed by atoms with Crippen molar-refractivity contribution in [2.75, 3.05) is 19.7 Å². The normalized spacial score (nSPS) is 14.4. The first kappa shape index (κ1) is 18.8. The fourth-order valence-corrected chi connectivity index (χ4v) is 2.21. The SMILES string of the molecule is O=C(Cn1cc(C(F)(F)F)cc(Cl)c1=O)OCC(=O)N1CCNC1=O. The summed E-state index contributed by atoms with van der Waals surface area (Å²) in [5.74, 6) is -1.93. The van der Waals surface area contributed by atoms with Crippen LogP contribution in [0, 0.1) is 0 Å². The van der Waals surface area contributed by atoms with Gasteiger partial charge in [-0.2, -0.15) is 13.2 Å². The lowest BCUT2D eigenvalue weighted by Gasteiger charge is -2.13. The number of aromatic nitrogens is 1. The monoisotopic (exact) mass is 381 g/mol. The van der Waals surface area contributed by atoms with Crippen LogP contribution in [0.1, 0.15) is 5.56 Å². The summed E-state index contributed by atoms with van der Waals surface area (Å²) in [5.41, 5.74) is -2.23. The van der Waals surface area contributed by atoms with Crippen molar-refractivity contribution >= 4 is 29.5 Å². The first-order chi connectivity index (χ1) is 11.6. The molecular formula is C13H11ClF3N3O5. The van der Waals surface area contributed by atoms with E-state index in [0.29, 0.717) is 16.8 Å².